The van der Waals surface area contributed by atoms with Crippen LogP contribution in [0.1, 0.15) is 76.4 Å². The Morgan fingerprint density at radius 2 is 1.66 bits per heavy atom. The number of carbonyl (C=O) groups excluding carboxylic acids is 2. The number of aromatic amines is 1. The standard InChI is InChI=1S/C34H35FN4O2/c35-25-10-12-29-31(18-25)37-38-32(29)21-13-15-39(16-14-21)20-24-6-2-1-5-23(24)19-36-34(41)22-9-11-27-26-7-3-4-8-28(26)33(40)30(27)17-22/h3-4,7-12,17-18,21,23-24H,1-2,5-6,13-16,19-20H2,(H,36,41)(H,37,38)/t23-,24-/m0/s1. The number of H-pyrrole nitrogens is 1. The second-order valence-corrected chi connectivity index (χ2v) is 12.0. The van der Waals surface area contributed by atoms with Gasteiger partial charge in [0.15, 0.2) is 5.78 Å². The third-order valence-electron chi connectivity index (χ3n) is 9.60. The summed E-state index contributed by atoms with van der Waals surface area (Å²) in [4.78, 5) is 28.6. The van der Waals surface area contributed by atoms with Crippen LogP contribution in [0.3, 0.4) is 0 Å². The van der Waals surface area contributed by atoms with Crippen LogP contribution in [0.5, 0.6) is 0 Å². The molecule has 2 fully saturated rings. The van der Waals surface area contributed by atoms with Crippen LogP contribution >= 0.6 is 0 Å². The number of rotatable bonds is 6. The molecule has 1 aromatic heterocycles. The fourth-order valence-electron chi connectivity index (χ4n) is 7.33. The number of benzene rings is 3. The van der Waals surface area contributed by atoms with Gasteiger partial charge in [-0.3, -0.25) is 14.7 Å². The van der Waals surface area contributed by atoms with Crippen molar-refractivity contribution in [2.45, 2.75) is 44.4 Å². The van der Waals surface area contributed by atoms with Crippen molar-refractivity contribution in [3.63, 3.8) is 0 Å². The number of nitrogens with one attached hydrogen (secondary N) is 2. The van der Waals surface area contributed by atoms with Crippen molar-refractivity contribution in [2.75, 3.05) is 26.2 Å². The minimum atomic E-state index is -0.242. The van der Waals surface area contributed by atoms with Crippen LogP contribution < -0.4 is 5.32 Å². The van der Waals surface area contributed by atoms with Crippen molar-refractivity contribution in [1.29, 1.82) is 0 Å². The lowest BCUT2D eigenvalue weighted by Gasteiger charge is -2.38. The third-order valence-corrected chi connectivity index (χ3v) is 9.60. The third kappa shape index (κ3) is 4.97. The molecule has 6 nitrogen and oxygen atoms in total. The molecule has 7 heteroatoms. The highest BCUT2D eigenvalue weighted by molar-refractivity contribution is 6.22. The summed E-state index contributed by atoms with van der Waals surface area (Å²) in [6, 6.07) is 18.0. The van der Waals surface area contributed by atoms with E-state index in [0.29, 0.717) is 41.0 Å². The molecule has 7 rings (SSSR count). The van der Waals surface area contributed by atoms with Crippen molar-refractivity contribution >= 4 is 22.6 Å². The maximum absolute atomic E-state index is 13.6. The van der Waals surface area contributed by atoms with Crippen LogP contribution in [0.15, 0.2) is 60.7 Å². The Morgan fingerprint density at radius 3 is 2.49 bits per heavy atom. The highest BCUT2D eigenvalue weighted by Crippen LogP contribution is 2.37. The van der Waals surface area contributed by atoms with Gasteiger partial charge in [0.1, 0.15) is 5.82 Å². The molecular weight excluding hydrogens is 515 g/mol. The second-order valence-electron chi connectivity index (χ2n) is 12.0. The lowest BCUT2D eigenvalue weighted by Crippen LogP contribution is -2.42. The fraction of sp³-hybridized carbons (Fsp3) is 0.382. The first-order chi connectivity index (χ1) is 20.0. The summed E-state index contributed by atoms with van der Waals surface area (Å²) in [6.45, 7) is 3.79. The summed E-state index contributed by atoms with van der Waals surface area (Å²) in [5.41, 5.74) is 5.57. The molecule has 2 atom stereocenters. The number of aromatic nitrogens is 2. The number of hydrogen-bond acceptors (Lipinski definition) is 4. The summed E-state index contributed by atoms with van der Waals surface area (Å²) >= 11 is 0. The van der Waals surface area contributed by atoms with Crippen LogP contribution in [0.25, 0.3) is 22.0 Å². The van der Waals surface area contributed by atoms with Gasteiger partial charge in [0.25, 0.3) is 5.91 Å². The van der Waals surface area contributed by atoms with Gasteiger partial charge in [0.05, 0.1) is 11.2 Å². The van der Waals surface area contributed by atoms with Gasteiger partial charge >= 0.3 is 0 Å². The summed E-state index contributed by atoms with van der Waals surface area (Å²) in [5.74, 6) is 1.05. The average Bonchev–Trinajstić information content (AvgIpc) is 3.55. The predicted molar refractivity (Wildman–Crippen MR) is 158 cm³/mol. The number of hydrogen-bond donors (Lipinski definition) is 2. The molecule has 2 N–H and O–H groups in total. The molecule has 0 bridgehead atoms. The Hall–Kier alpha value is -3.84. The number of halogens is 1. The van der Waals surface area contributed by atoms with E-state index in [1.165, 1.54) is 31.4 Å². The van der Waals surface area contributed by atoms with E-state index in [-0.39, 0.29) is 17.5 Å². The number of fused-ring (bicyclic) bond motifs is 4. The molecule has 0 radical (unpaired) electrons. The van der Waals surface area contributed by atoms with E-state index in [0.717, 1.165) is 66.6 Å². The van der Waals surface area contributed by atoms with E-state index in [4.69, 9.17) is 0 Å². The van der Waals surface area contributed by atoms with Gasteiger partial charge in [0, 0.05) is 41.1 Å². The average molecular weight is 551 g/mol. The maximum atomic E-state index is 13.6. The van der Waals surface area contributed by atoms with E-state index in [1.807, 2.05) is 42.5 Å². The molecule has 4 aromatic rings. The van der Waals surface area contributed by atoms with Gasteiger partial charge in [-0.25, -0.2) is 4.39 Å². The maximum Gasteiger partial charge on any atom is 0.251 e. The molecule has 2 aliphatic carbocycles. The van der Waals surface area contributed by atoms with Crippen molar-refractivity contribution in [3.05, 3.63) is 88.9 Å². The lowest BCUT2D eigenvalue weighted by molar-refractivity contribution is 0.0912. The minimum absolute atomic E-state index is 0.00395. The SMILES string of the molecule is O=C(NC[C@@H]1CCCC[C@H]1CN1CCC(c2n[nH]c3cc(F)ccc23)CC1)c1ccc2c(c1)C(=O)c1ccccc1-2. The van der Waals surface area contributed by atoms with Crippen molar-refractivity contribution < 1.29 is 14.0 Å². The second kappa shape index (κ2) is 10.9. The number of nitrogens with zero attached hydrogens (tertiary/aromatic N) is 2. The van der Waals surface area contributed by atoms with E-state index in [1.54, 1.807) is 6.07 Å². The first-order valence-corrected chi connectivity index (χ1v) is 15.0. The molecule has 2 heterocycles. The smallest absolute Gasteiger partial charge is 0.251 e. The van der Waals surface area contributed by atoms with Gasteiger partial charge in [-0.1, -0.05) is 43.2 Å². The fourth-order valence-corrected chi connectivity index (χ4v) is 7.33. The van der Waals surface area contributed by atoms with Gasteiger partial charge in [-0.15, -0.1) is 0 Å². The van der Waals surface area contributed by atoms with E-state index >= 15 is 0 Å². The zero-order valence-corrected chi connectivity index (χ0v) is 23.2. The molecule has 1 saturated carbocycles. The van der Waals surface area contributed by atoms with Gasteiger partial charge in [0.2, 0.25) is 0 Å². The Balaban J connectivity index is 0.952. The van der Waals surface area contributed by atoms with Gasteiger partial charge in [-0.05, 0) is 92.1 Å². The van der Waals surface area contributed by atoms with E-state index in [9.17, 15) is 14.0 Å². The molecule has 3 aliphatic rings. The summed E-state index contributed by atoms with van der Waals surface area (Å²) in [5, 5.41) is 11.8. The van der Waals surface area contributed by atoms with Crippen molar-refractivity contribution in [2.24, 2.45) is 11.8 Å². The monoisotopic (exact) mass is 550 g/mol. The normalized spacial score (nSPS) is 21.1. The highest BCUT2D eigenvalue weighted by atomic mass is 19.1. The number of likely N-dealkylation sites (tertiary alicyclic amines) is 1. The van der Waals surface area contributed by atoms with Crippen LogP contribution in [0, 0.1) is 17.7 Å². The molecule has 41 heavy (non-hydrogen) atoms. The first-order valence-electron chi connectivity index (χ1n) is 15.0. The Kier molecular flexibility index (Phi) is 6.91. The molecule has 210 valence electrons. The summed E-state index contributed by atoms with van der Waals surface area (Å²) in [6.07, 6.45) is 6.88. The number of carbonyl (C=O) groups is 2. The number of ketones is 1. The van der Waals surface area contributed by atoms with Crippen LogP contribution in [0.4, 0.5) is 4.39 Å². The molecule has 1 amide bonds. The molecular formula is C34H35FN4O2. The quantitative estimate of drug-likeness (QED) is 0.259. The van der Waals surface area contributed by atoms with E-state index < -0.39 is 0 Å². The molecule has 1 aliphatic heterocycles. The van der Waals surface area contributed by atoms with Gasteiger partial charge < -0.3 is 10.2 Å². The van der Waals surface area contributed by atoms with Crippen molar-refractivity contribution in [3.8, 4) is 11.1 Å². The molecule has 0 spiro atoms. The van der Waals surface area contributed by atoms with Gasteiger partial charge in [-0.2, -0.15) is 5.10 Å². The molecule has 3 aromatic carbocycles. The Labute approximate surface area is 239 Å². The number of piperidine rings is 1. The largest absolute Gasteiger partial charge is 0.352 e. The summed E-state index contributed by atoms with van der Waals surface area (Å²) < 4.78 is 13.6. The zero-order valence-electron chi connectivity index (χ0n) is 23.2. The van der Waals surface area contributed by atoms with Crippen LogP contribution in [0.2, 0.25) is 0 Å². The van der Waals surface area contributed by atoms with Crippen LogP contribution in [-0.4, -0.2) is 53.0 Å². The van der Waals surface area contributed by atoms with Crippen molar-refractivity contribution in [1.82, 2.24) is 20.4 Å². The minimum Gasteiger partial charge on any atom is -0.352 e. The summed E-state index contributed by atoms with van der Waals surface area (Å²) in [7, 11) is 0. The van der Waals surface area contributed by atoms with Crippen LogP contribution in [-0.2, 0) is 0 Å². The lowest BCUT2D eigenvalue weighted by atomic mass is 9.78. The predicted octanol–water partition coefficient (Wildman–Crippen LogP) is 6.33. The Bertz CT molecular complexity index is 1620. The Morgan fingerprint density at radius 1 is 0.902 bits per heavy atom. The topological polar surface area (TPSA) is 78.1 Å². The zero-order chi connectivity index (χ0) is 27.9. The van der Waals surface area contributed by atoms with E-state index in [2.05, 4.69) is 20.4 Å². The first kappa shape index (κ1) is 26.1. The number of amides is 1. The molecule has 1 saturated heterocycles. The highest BCUT2D eigenvalue weighted by Gasteiger charge is 2.31. The molecule has 0 unspecified atom stereocenters.